The normalized spacial score (nSPS) is 10.9. The van der Waals surface area contributed by atoms with Crippen molar-refractivity contribution < 1.29 is 23.5 Å². The van der Waals surface area contributed by atoms with Crippen LogP contribution in [-0.4, -0.2) is 37.0 Å². The van der Waals surface area contributed by atoms with Crippen LogP contribution in [0.15, 0.2) is 72.8 Å². The van der Waals surface area contributed by atoms with Gasteiger partial charge in [-0.2, -0.15) is 0 Å². The highest BCUT2D eigenvalue weighted by Gasteiger charge is 2.13. The van der Waals surface area contributed by atoms with Crippen LogP contribution in [0.5, 0.6) is 0 Å². The Hall–Kier alpha value is -3.84. The van der Waals surface area contributed by atoms with E-state index in [1.807, 2.05) is 36.2 Å². The smallest absolute Gasteiger partial charge is 0.258 e. The van der Waals surface area contributed by atoms with E-state index in [0.717, 1.165) is 29.4 Å². The second kappa shape index (κ2) is 10.5. The van der Waals surface area contributed by atoms with Crippen LogP contribution in [0.25, 0.3) is 6.08 Å². The highest BCUT2D eigenvalue weighted by atomic mass is 19.1. The Labute approximate surface area is 184 Å². The fourth-order valence-corrected chi connectivity index (χ4v) is 2.97. The van der Waals surface area contributed by atoms with E-state index >= 15 is 0 Å². The average Bonchev–Trinajstić information content (AvgIpc) is 2.80. The van der Waals surface area contributed by atoms with Gasteiger partial charge in [0.25, 0.3) is 5.91 Å². The van der Waals surface area contributed by atoms with E-state index in [0.29, 0.717) is 17.8 Å². The van der Waals surface area contributed by atoms with Crippen molar-refractivity contribution in [1.82, 2.24) is 0 Å². The largest absolute Gasteiger partial charge is 0.395 e. The second-order valence-electron chi connectivity index (χ2n) is 7.09. The van der Waals surface area contributed by atoms with Gasteiger partial charge in [0.05, 0.1) is 12.2 Å². The summed E-state index contributed by atoms with van der Waals surface area (Å²) in [6.45, 7) is 0.595. The zero-order valence-electron chi connectivity index (χ0n) is 17.4. The summed E-state index contributed by atoms with van der Waals surface area (Å²) in [5, 5.41) is 11.5. The minimum atomic E-state index is -0.825. The van der Waals surface area contributed by atoms with Crippen molar-refractivity contribution in [3.05, 3.63) is 101 Å². The first kappa shape index (κ1) is 22.8. The Bertz CT molecular complexity index is 1130. The molecule has 2 N–H and O–H groups in total. The number of benzene rings is 3. The van der Waals surface area contributed by atoms with Crippen molar-refractivity contribution in [2.24, 2.45) is 0 Å². The molecule has 0 saturated heterocycles. The van der Waals surface area contributed by atoms with Gasteiger partial charge in [-0.25, -0.2) is 8.78 Å². The van der Waals surface area contributed by atoms with E-state index in [4.69, 9.17) is 5.11 Å². The van der Waals surface area contributed by atoms with Crippen LogP contribution in [0, 0.1) is 11.6 Å². The maximum Gasteiger partial charge on any atom is 0.258 e. The molecular weight excluding hydrogens is 414 g/mol. The van der Waals surface area contributed by atoms with Crippen LogP contribution in [-0.2, 0) is 0 Å². The van der Waals surface area contributed by atoms with Crippen LogP contribution in [0.1, 0.15) is 26.3 Å². The van der Waals surface area contributed by atoms with E-state index in [9.17, 15) is 18.4 Å². The quantitative estimate of drug-likeness (QED) is 0.402. The predicted octanol–water partition coefficient (Wildman–Crippen LogP) is 4.54. The van der Waals surface area contributed by atoms with Gasteiger partial charge in [0.2, 0.25) is 0 Å². The molecule has 3 aromatic carbocycles. The molecular formula is C25H22F2N2O3. The summed E-state index contributed by atoms with van der Waals surface area (Å²) in [4.78, 5) is 26.5. The lowest BCUT2D eigenvalue weighted by atomic mass is 10.1. The molecule has 0 atom stereocenters. The van der Waals surface area contributed by atoms with E-state index in [1.54, 1.807) is 6.08 Å². The molecule has 7 heteroatoms. The van der Waals surface area contributed by atoms with Crippen molar-refractivity contribution in [2.45, 2.75) is 0 Å². The van der Waals surface area contributed by atoms with Crippen LogP contribution < -0.4 is 10.2 Å². The average molecular weight is 436 g/mol. The maximum absolute atomic E-state index is 13.7. The molecule has 0 aliphatic heterocycles. The van der Waals surface area contributed by atoms with Crippen molar-refractivity contribution in [3.63, 3.8) is 0 Å². The van der Waals surface area contributed by atoms with Crippen LogP contribution in [0.2, 0.25) is 0 Å². The summed E-state index contributed by atoms with van der Waals surface area (Å²) in [7, 11) is 1.88. The number of nitrogens with one attached hydrogen (secondary N) is 1. The number of amides is 1. The third-order valence-electron chi connectivity index (χ3n) is 4.80. The van der Waals surface area contributed by atoms with Crippen molar-refractivity contribution >= 4 is 29.1 Å². The Morgan fingerprint density at radius 1 is 1.00 bits per heavy atom. The predicted molar refractivity (Wildman–Crippen MR) is 121 cm³/mol. The lowest BCUT2D eigenvalue weighted by Crippen LogP contribution is -2.20. The highest BCUT2D eigenvalue weighted by Crippen LogP contribution is 2.17. The molecule has 164 valence electrons. The van der Waals surface area contributed by atoms with Crippen LogP contribution in [0.3, 0.4) is 0 Å². The molecule has 3 aromatic rings. The van der Waals surface area contributed by atoms with Crippen LogP contribution >= 0.6 is 0 Å². The van der Waals surface area contributed by atoms with E-state index in [-0.39, 0.29) is 12.4 Å². The summed E-state index contributed by atoms with van der Waals surface area (Å²) >= 11 is 0. The number of halogens is 2. The molecule has 0 aromatic heterocycles. The van der Waals surface area contributed by atoms with Crippen molar-refractivity contribution in [1.29, 1.82) is 0 Å². The Morgan fingerprint density at radius 3 is 2.34 bits per heavy atom. The van der Waals surface area contributed by atoms with Gasteiger partial charge in [-0.3, -0.25) is 9.59 Å². The van der Waals surface area contributed by atoms with E-state index in [2.05, 4.69) is 5.32 Å². The molecule has 1 amide bonds. The van der Waals surface area contributed by atoms with E-state index < -0.39 is 23.1 Å². The molecule has 5 nitrogen and oxygen atoms in total. The second-order valence-corrected chi connectivity index (χ2v) is 7.09. The lowest BCUT2D eigenvalue weighted by molar-refractivity contribution is 0.102. The minimum Gasteiger partial charge on any atom is -0.395 e. The number of allylic oxidation sites excluding steroid dienone is 1. The van der Waals surface area contributed by atoms with Crippen LogP contribution in [0.4, 0.5) is 20.2 Å². The molecule has 0 heterocycles. The van der Waals surface area contributed by atoms with E-state index in [1.165, 1.54) is 30.3 Å². The Morgan fingerprint density at radius 2 is 1.69 bits per heavy atom. The minimum absolute atomic E-state index is 0.0663. The molecule has 0 bridgehead atoms. The molecule has 3 rings (SSSR count). The summed E-state index contributed by atoms with van der Waals surface area (Å²) in [6, 6.07) is 16.3. The molecule has 0 spiro atoms. The Kier molecular flexibility index (Phi) is 7.46. The number of hydrogen-bond acceptors (Lipinski definition) is 4. The summed E-state index contributed by atoms with van der Waals surface area (Å²) in [5.74, 6) is -2.54. The number of carbonyl (C=O) groups excluding carboxylic acids is 2. The molecule has 0 aliphatic rings. The van der Waals surface area contributed by atoms with Gasteiger partial charge >= 0.3 is 0 Å². The standard InChI is InChI=1S/C25H22F2N2O3/c1-29(14-15-30)21-10-2-17(3-11-21)4-13-24(31)18-5-8-20(9-6-18)28-25(32)22-16-19(26)7-12-23(22)27/h2-13,16,30H,14-15H2,1H3,(H,28,32)/b13-4+. The van der Waals surface area contributed by atoms with Crippen molar-refractivity contribution in [3.8, 4) is 0 Å². The number of aliphatic hydroxyl groups excluding tert-OH is 1. The molecule has 0 unspecified atom stereocenters. The number of carbonyl (C=O) groups is 2. The number of nitrogens with zero attached hydrogens (tertiary/aromatic N) is 1. The zero-order valence-corrected chi connectivity index (χ0v) is 17.4. The zero-order chi connectivity index (χ0) is 23.1. The number of rotatable bonds is 8. The van der Waals surface area contributed by atoms with Crippen molar-refractivity contribution in [2.75, 3.05) is 30.4 Å². The Balaban J connectivity index is 1.62. The fourth-order valence-electron chi connectivity index (χ4n) is 2.97. The van der Waals surface area contributed by atoms with Gasteiger partial charge < -0.3 is 15.3 Å². The van der Waals surface area contributed by atoms with Gasteiger partial charge in [-0.05, 0) is 66.2 Å². The molecule has 0 saturated carbocycles. The SMILES string of the molecule is CN(CCO)c1ccc(/C=C/C(=O)c2ccc(NC(=O)c3cc(F)ccc3F)cc2)cc1. The molecule has 32 heavy (non-hydrogen) atoms. The number of likely N-dealkylation sites (N-methyl/N-ethyl adjacent to an activating group) is 1. The summed E-state index contributed by atoms with van der Waals surface area (Å²) in [6.07, 6.45) is 3.14. The van der Waals surface area contributed by atoms with Gasteiger partial charge in [0, 0.05) is 30.5 Å². The van der Waals surface area contributed by atoms with Gasteiger partial charge in [0.15, 0.2) is 5.78 Å². The molecule has 0 radical (unpaired) electrons. The fraction of sp³-hybridized carbons (Fsp3) is 0.120. The lowest BCUT2D eigenvalue weighted by Gasteiger charge is -2.17. The first-order valence-corrected chi connectivity index (χ1v) is 9.88. The number of aliphatic hydroxyl groups is 1. The number of anilines is 2. The third kappa shape index (κ3) is 5.86. The summed E-state index contributed by atoms with van der Waals surface area (Å²) in [5.41, 5.74) is 2.16. The maximum atomic E-state index is 13.7. The first-order valence-electron chi connectivity index (χ1n) is 9.88. The molecule has 0 fully saturated rings. The number of ketones is 1. The molecule has 0 aliphatic carbocycles. The van der Waals surface area contributed by atoms with Gasteiger partial charge in [-0.1, -0.05) is 18.2 Å². The highest BCUT2D eigenvalue weighted by molar-refractivity contribution is 6.08. The van der Waals surface area contributed by atoms with Gasteiger partial charge in [0.1, 0.15) is 11.6 Å². The summed E-state index contributed by atoms with van der Waals surface area (Å²) < 4.78 is 27.0. The topological polar surface area (TPSA) is 69.6 Å². The van der Waals surface area contributed by atoms with Gasteiger partial charge in [-0.15, -0.1) is 0 Å². The monoisotopic (exact) mass is 436 g/mol. The number of hydrogen-bond donors (Lipinski definition) is 2. The first-order chi connectivity index (χ1) is 15.4. The third-order valence-corrected chi connectivity index (χ3v) is 4.80.